The minimum Gasteiger partial charge on any atom is -0.322 e. The average Bonchev–Trinajstić information content (AvgIpc) is 3.26. The lowest BCUT2D eigenvalue weighted by atomic mass is 10.2. The number of carbonyl (C=O) groups excluding carboxylic acids is 1. The van der Waals surface area contributed by atoms with Crippen LogP contribution in [0.1, 0.15) is 34.8 Å². The zero-order chi connectivity index (χ0) is 19.6. The maximum atomic E-state index is 12.6. The van der Waals surface area contributed by atoms with Crippen LogP contribution < -0.4 is 5.32 Å². The Morgan fingerprint density at radius 2 is 1.93 bits per heavy atom. The summed E-state index contributed by atoms with van der Waals surface area (Å²) in [5.41, 5.74) is 4.73. The third kappa shape index (κ3) is 4.28. The number of nitrogens with one attached hydrogen (secondary N) is 1. The van der Waals surface area contributed by atoms with Crippen molar-refractivity contribution in [2.24, 2.45) is 0 Å². The van der Waals surface area contributed by atoms with Crippen molar-refractivity contribution in [2.75, 3.05) is 18.9 Å². The predicted molar refractivity (Wildman–Crippen MR) is 112 cm³/mol. The summed E-state index contributed by atoms with van der Waals surface area (Å²) in [6.45, 7) is 8.40. The molecule has 0 aliphatic carbocycles. The van der Waals surface area contributed by atoms with Crippen molar-refractivity contribution >= 4 is 22.9 Å². The maximum absolute atomic E-state index is 12.6. The molecule has 0 aliphatic heterocycles. The minimum atomic E-state index is -0.0319. The first kappa shape index (κ1) is 19.3. The van der Waals surface area contributed by atoms with Gasteiger partial charge in [-0.2, -0.15) is 5.10 Å². The second-order valence-corrected chi connectivity index (χ2v) is 7.93. The minimum absolute atomic E-state index is 0.0319. The molecule has 3 aromatic rings. The van der Waals surface area contributed by atoms with E-state index in [1.54, 1.807) is 11.3 Å². The SMILES string of the molecule is Cc1ccc(-n2nc(C)c(NC(=O)CN(C)C(C)c3cccs3)c2C)cc1. The molecule has 0 saturated heterocycles. The molecule has 1 aromatic carbocycles. The molecule has 6 heteroatoms. The van der Waals surface area contributed by atoms with E-state index in [9.17, 15) is 4.79 Å². The molecule has 2 aromatic heterocycles. The molecule has 1 unspecified atom stereocenters. The number of benzene rings is 1. The highest BCUT2D eigenvalue weighted by molar-refractivity contribution is 7.10. The van der Waals surface area contributed by atoms with Crippen molar-refractivity contribution in [3.05, 3.63) is 63.6 Å². The van der Waals surface area contributed by atoms with Gasteiger partial charge in [-0.1, -0.05) is 23.8 Å². The summed E-state index contributed by atoms with van der Waals surface area (Å²) in [6.07, 6.45) is 0. The molecule has 1 N–H and O–H groups in total. The fourth-order valence-corrected chi connectivity index (χ4v) is 3.90. The molecule has 142 valence electrons. The zero-order valence-corrected chi connectivity index (χ0v) is 17.3. The van der Waals surface area contributed by atoms with Gasteiger partial charge in [-0.3, -0.25) is 9.69 Å². The Balaban J connectivity index is 1.72. The molecule has 3 rings (SSSR count). The van der Waals surface area contributed by atoms with Gasteiger partial charge in [-0.05, 0) is 58.3 Å². The molecule has 5 nitrogen and oxygen atoms in total. The molecule has 1 amide bonds. The van der Waals surface area contributed by atoms with Crippen molar-refractivity contribution < 1.29 is 4.79 Å². The van der Waals surface area contributed by atoms with Gasteiger partial charge in [0, 0.05) is 10.9 Å². The number of carbonyl (C=O) groups is 1. The second-order valence-electron chi connectivity index (χ2n) is 6.95. The summed E-state index contributed by atoms with van der Waals surface area (Å²) in [6, 6.07) is 12.5. The third-order valence-corrected chi connectivity index (χ3v) is 5.89. The molecular formula is C21H26N4OS. The fourth-order valence-electron chi connectivity index (χ4n) is 3.05. The lowest BCUT2D eigenvalue weighted by Crippen LogP contribution is -2.32. The summed E-state index contributed by atoms with van der Waals surface area (Å²) >= 11 is 1.71. The van der Waals surface area contributed by atoms with Crippen LogP contribution in [0.15, 0.2) is 41.8 Å². The number of nitrogens with zero attached hydrogens (tertiary/aromatic N) is 3. The van der Waals surface area contributed by atoms with Crippen LogP contribution in [0.3, 0.4) is 0 Å². The topological polar surface area (TPSA) is 50.2 Å². The Kier molecular flexibility index (Phi) is 5.77. The van der Waals surface area contributed by atoms with Gasteiger partial charge in [0.2, 0.25) is 5.91 Å². The van der Waals surface area contributed by atoms with Crippen LogP contribution in [0.5, 0.6) is 0 Å². The van der Waals surface area contributed by atoms with Gasteiger partial charge >= 0.3 is 0 Å². The predicted octanol–water partition coefficient (Wildman–Crippen LogP) is 4.49. The smallest absolute Gasteiger partial charge is 0.238 e. The Hall–Kier alpha value is -2.44. The van der Waals surface area contributed by atoms with E-state index in [-0.39, 0.29) is 11.9 Å². The van der Waals surface area contributed by atoms with Gasteiger partial charge in [0.25, 0.3) is 0 Å². The van der Waals surface area contributed by atoms with Gasteiger partial charge in [0.05, 0.1) is 29.3 Å². The van der Waals surface area contributed by atoms with Crippen molar-refractivity contribution in [3.8, 4) is 5.69 Å². The Labute approximate surface area is 164 Å². The standard InChI is InChI=1S/C21H26N4OS/c1-14-8-10-18(11-9-14)25-17(4)21(15(2)23-25)22-20(26)13-24(5)16(3)19-7-6-12-27-19/h6-12,16H,13H2,1-5H3,(H,22,26). The lowest BCUT2D eigenvalue weighted by Gasteiger charge is -2.23. The number of aromatic nitrogens is 2. The molecule has 0 saturated carbocycles. The van der Waals surface area contributed by atoms with Gasteiger partial charge in [-0.15, -0.1) is 11.3 Å². The lowest BCUT2D eigenvalue weighted by molar-refractivity contribution is -0.117. The van der Waals surface area contributed by atoms with E-state index in [0.29, 0.717) is 6.54 Å². The second kappa shape index (κ2) is 8.06. The molecule has 2 heterocycles. The van der Waals surface area contributed by atoms with Crippen molar-refractivity contribution in [2.45, 2.75) is 33.7 Å². The van der Waals surface area contributed by atoms with Gasteiger partial charge in [-0.25, -0.2) is 4.68 Å². The molecular weight excluding hydrogens is 356 g/mol. The van der Waals surface area contributed by atoms with Crippen molar-refractivity contribution in [1.29, 1.82) is 0 Å². The van der Waals surface area contributed by atoms with E-state index in [1.165, 1.54) is 10.4 Å². The highest BCUT2D eigenvalue weighted by Crippen LogP contribution is 2.25. The van der Waals surface area contributed by atoms with Gasteiger partial charge in [0.1, 0.15) is 0 Å². The molecule has 0 radical (unpaired) electrons. The molecule has 0 spiro atoms. The van der Waals surface area contributed by atoms with Crippen LogP contribution in [0.25, 0.3) is 5.69 Å². The van der Waals surface area contributed by atoms with E-state index < -0.39 is 0 Å². The van der Waals surface area contributed by atoms with Crippen molar-refractivity contribution in [1.82, 2.24) is 14.7 Å². The van der Waals surface area contributed by atoms with Crippen LogP contribution in [-0.4, -0.2) is 34.2 Å². The molecule has 1 atom stereocenters. The summed E-state index contributed by atoms with van der Waals surface area (Å²) in [4.78, 5) is 15.9. The highest BCUT2D eigenvalue weighted by Gasteiger charge is 2.19. The monoisotopic (exact) mass is 382 g/mol. The first-order chi connectivity index (χ1) is 12.9. The summed E-state index contributed by atoms with van der Waals surface area (Å²) in [5, 5.41) is 9.72. The van der Waals surface area contributed by atoms with Crippen LogP contribution >= 0.6 is 11.3 Å². The van der Waals surface area contributed by atoms with E-state index in [2.05, 4.69) is 52.7 Å². The number of rotatable bonds is 6. The van der Waals surface area contributed by atoms with Crippen molar-refractivity contribution in [3.63, 3.8) is 0 Å². The number of likely N-dealkylation sites (N-methyl/N-ethyl adjacent to an activating group) is 1. The molecule has 0 aliphatic rings. The third-order valence-electron chi connectivity index (χ3n) is 4.84. The number of hydrogen-bond acceptors (Lipinski definition) is 4. The van der Waals surface area contributed by atoms with Gasteiger partial charge < -0.3 is 5.32 Å². The summed E-state index contributed by atoms with van der Waals surface area (Å²) < 4.78 is 1.88. The number of hydrogen-bond donors (Lipinski definition) is 1. The van der Waals surface area contributed by atoms with Crippen LogP contribution in [-0.2, 0) is 4.79 Å². The van der Waals surface area contributed by atoms with E-state index in [0.717, 1.165) is 22.8 Å². The quantitative estimate of drug-likeness (QED) is 0.683. The Bertz CT molecular complexity index is 913. The normalized spacial score (nSPS) is 12.4. The highest BCUT2D eigenvalue weighted by atomic mass is 32.1. The number of thiophene rings is 1. The summed E-state index contributed by atoms with van der Waals surface area (Å²) in [7, 11) is 1.97. The van der Waals surface area contributed by atoms with E-state index in [1.807, 2.05) is 43.8 Å². The van der Waals surface area contributed by atoms with Gasteiger partial charge in [0.15, 0.2) is 0 Å². The molecule has 0 fully saturated rings. The number of aryl methyl sites for hydroxylation is 2. The van der Waals surface area contributed by atoms with E-state index in [4.69, 9.17) is 0 Å². The Morgan fingerprint density at radius 3 is 2.56 bits per heavy atom. The maximum Gasteiger partial charge on any atom is 0.238 e. The fraction of sp³-hybridized carbons (Fsp3) is 0.333. The Morgan fingerprint density at radius 1 is 1.22 bits per heavy atom. The van der Waals surface area contributed by atoms with E-state index >= 15 is 0 Å². The first-order valence-corrected chi connectivity index (χ1v) is 9.91. The van der Waals surface area contributed by atoms with Crippen LogP contribution in [0.4, 0.5) is 5.69 Å². The van der Waals surface area contributed by atoms with Crippen LogP contribution in [0.2, 0.25) is 0 Å². The summed E-state index contributed by atoms with van der Waals surface area (Å²) in [5.74, 6) is -0.0319. The first-order valence-electron chi connectivity index (χ1n) is 9.03. The number of anilines is 1. The molecule has 27 heavy (non-hydrogen) atoms. The molecule has 0 bridgehead atoms. The van der Waals surface area contributed by atoms with Crippen LogP contribution in [0, 0.1) is 20.8 Å². The number of amides is 1. The largest absolute Gasteiger partial charge is 0.322 e. The zero-order valence-electron chi connectivity index (χ0n) is 16.5. The average molecular weight is 383 g/mol.